The molecule has 6 rings (SSSR count). The first-order chi connectivity index (χ1) is 13.3. The predicted octanol–water partition coefficient (Wildman–Crippen LogP) is 0.627. The fraction of sp³-hybridized carbons (Fsp3) is 0.500. The summed E-state index contributed by atoms with van der Waals surface area (Å²) < 4.78 is 0. The second-order valence-corrected chi connectivity index (χ2v) is 7.57. The van der Waals surface area contributed by atoms with Crippen LogP contribution in [0.25, 0.3) is 0 Å². The molecule has 0 aromatic carbocycles. The van der Waals surface area contributed by atoms with Gasteiger partial charge in [0.05, 0.1) is 53.6 Å². The minimum atomic E-state index is 0.825. The van der Waals surface area contributed by atoms with Gasteiger partial charge in [-0.2, -0.15) is 0 Å². The van der Waals surface area contributed by atoms with Gasteiger partial charge in [-0.3, -0.25) is 0 Å². The summed E-state index contributed by atoms with van der Waals surface area (Å²) in [7, 11) is 0. The number of H-pyrrole nitrogens is 3. The topological polar surface area (TPSA) is 105 Å². The van der Waals surface area contributed by atoms with E-state index >= 15 is 0 Å². The van der Waals surface area contributed by atoms with Gasteiger partial charge in [0, 0.05) is 45.4 Å². The lowest BCUT2D eigenvalue weighted by atomic mass is 10.1. The van der Waals surface area contributed by atoms with Crippen LogP contribution in [0.15, 0.2) is 6.33 Å². The van der Waals surface area contributed by atoms with Crippen LogP contribution < -0.4 is 15.1 Å². The molecule has 3 aromatic rings. The molecule has 0 aliphatic carbocycles. The fourth-order valence-corrected chi connectivity index (χ4v) is 4.36. The van der Waals surface area contributed by atoms with E-state index in [1.165, 1.54) is 34.2 Å². The summed E-state index contributed by atoms with van der Waals surface area (Å²) in [5.74, 6) is 1.97. The van der Waals surface area contributed by atoms with E-state index in [0.717, 1.165) is 70.4 Å². The minimum Gasteiger partial charge on any atom is -0.347 e. The minimum absolute atomic E-state index is 0.825. The molecule has 0 spiro atoms. The summed E-state index contributed by atoms with van der Waals surface area (Å²) >= 11 is 0. The van der Waals surface area contributed by atoms with Crippen molar-refractivity contribution in [2.45, 2.75) is 38.9 Å². The number of aromatic nitrogens is 6. The molecule has 3 aromatic heterocycles. The van der Waals surface area contributed by atoms with Crippen LogP contribution in [0, 0.1) is 0 Å². The van der Waals surface area contributed by atoms with E-state index in [1.54, 1.807) is 6.33 Å². The van der Waals surface area contributed by atoms with Gasteiger partial charge in [0.1, 0.15) is 0 Å². The molecule has 3 aliphatic rings. The van der Waals surface area contributed by atoms with E-state index in [1.807, 2.05) is 0 Å². The van der Waals surface area contributed by atoms with Crippen molar-refractivity contribution in [3.05, 3.63) is 40.5 Å². The largest absolute Gasteiger partial charge is 0.347 e. The molecule has 0 amide bonds. The molecule has 27 heavy (non-hydrogen) atoms. The zero-order valence-corrected chi connectivity index (χ0v) is 15.2. The highest BCUT2D eigenvalue weighted by atomic mass is 15.3. The van der Waals surface area contributed by atoms with Crippen molar-refractivity contribution < 1.29 is 0 Å². The zero-order chi connectivity index (χ0) is 17.8. The van der Waals surface area contributed by atoms with Gasteiger partial charge in [-0.15, -0.1) is 0 Å². The van der Waals surface area contributed by atoms with Gasteiger partial charge < -0.3 is 30.1 Å². The molecule has 0 unspecified atom stereocenters. The fourth-order valence-electron chi connectivity index (χ4n) is 4.36. The SMILES string of the molecule is c1nc2c([nH]1)CN(c1nc3c([nH]1)CN(c1nc4c([nH]1)CNCC4)CC3)CC2. The van der Waals surface area contributed by atoms with Crippen LogP contribution in [0.5, 0.6) is 0 Å². The Kier molecular flexibility index (Phi) is 3.31. The van der Waals surface area contributed by atoms with Crippen LogP contribution in [0.1, 0.15) is 34.2 Å². The first-order valence-electron chi connectivity index (χ1n) is 9.71. The number of anilines is 2. The number of nitrogens with one attached hydrogen (secondary N) is 4. The van der Waals surface area contributed by atoms with Gasteiger partial charge in [0.15, 0.2) is 0 Å². The lowest BCUT2D eigenvalue weighted by molar-refractivity contribution is 0.627. The van der Waals surface area contributed by atoms with Gasteiger partial charge in [0.25, 0.3) is 0 Å². The third kappa shape index (κ3) is 2.53. The Balaban J connectivity index is 1.23. The van der Waals surface area contributed by atoms with Gasteiger partial charge >= 0.3 is 0 Å². The van der Waals surface area contributed by atoms with Crippen LogP contribution in [-0.4, -0.2) is 49.5 Å². The highest BCUT2D eigenvalue weighted by Gasteiger charge is 2.27. The van der Waals surface area contributed by atoms with Crippen molar-refractivity contribution in [2.75, 3.05) is 29.4 Å². The molecule has 0 saturated heterocycles. The molecular formula is C18H23N9. The Hall–Kier alpha value is -2.81. The summed E-state index contributed by atoms with van der Waals surface area (Å²) in [6.07, 6.45) is 4.70. The summed E-state index contributed by atoms with van der Waals surface area (Å²) in [6, 6.07) is 0. The van der Waals surface area contributed by atoms with Crippen LogP contribution in [0.4, 0.5) is 11.9 Å². The number of imidazole rings is 3. The van der Waals surface area contributed by atoms with E-state index in [9.17, 15) is 0 Å². The Bertz CT molecular complexity index is 958. The van der Waals surface area contributed by atoms with Crippen LogP contribution in [-0.2, 0) is 38.9 Å². The second kappa shape index (κ2) is 5.85. The number of hydrogen-bond donors (Lipinski definition) is 4. The molecule has 140 valence electrons. The summed E-state index contributed by atoms with van der Waals surface area (Å²) in [4.78, 5) is 29.1. The molecule has 0 atom stereocenters. The second-order valence-electron chi connectivity index (χ2n) is 7.57. The van der Waals surface area contributed by atoms with Crippen molar-refractivity contribution in [1.82, 2.24) is 35.2 Å². The molecule has 9 nitrogen and oxygen atoms in total. The normalized spacial score (nSPS) is 19.0. The monoisotopic (exact) mass is 365 g/mol. The Morgan fingerprint density at radius 3 is 2.30 bits per heavy atom. The van der Waals surface area contributed by atoms with E-state index in [-0.39, 0.29) is 0 Å². The first kappa shape index (κ1) is 15.3. The Morgan fingerprint density at radius 2 is 1.48 bits per heavy atom. The average molecular weight is 365 g/mol. The average Bonchev–Trinajstić information content (AvgIpc) is 3.42. The van der Waals surface area contributed by atoms with Crippen LogP contribution >= 0.6 is 0 Å². The highest BCUT2D eigenvalue weighted by molar-refractivity contribution is 5.44. The molecule has 0 bridgehead atoms. The van der Waals surface area contributed by atoms with Gasteiger partial charge in [-0.1, -0.05) is 0 Å². The number of nitrogens with zero attached hydrogens (tertiary/aromatic N) is 5. The number of rotatable bonds is 2. The molecule has 4 N–H and O–H groups in total. The predicted molar refractivity (Wildman–Crippen MR) is 101 cm³/mol. The first-order valence-corrected chi connectivity index (χ1v) is 9.71. The molecule has 3 aliphatic heterocycles. The highest BCUT2D eigenvalue weighted by Crippen LogP contribution is 2.27. The number of hydrogen-bond acceptors (Lipinski definition) is 6. The Morgan fingerprint density at radius 1 is 0.778 bits per heavy atom. The van der Waals surface area contributed by atoms with E-state index in [2.05, 4.69) is 35.1 Å². The van der Waals surface area contributed by atoms with Crippen molar-refractivity contribution in [3.8, 4) is 0 Å². The molecule has 0 saturated carbocycles. The number of aromatic amines is 3. The summed E-state index contributed by atoms with van der Waals surface area (Å²) in [5, 5.41) is 3.40. The summed E-state index contributed by atoms with van der Waals surface area (Å²) in [5.41, 5.74) is 7.23. The van der Waals surface area contributed by atoms with Gasteiger partial charge in [-0.05, 0) is 0 Å². The molecule has 0 radical (unpaired) electrons. The molecule has 9 heteroatoms. The van der Waals surface area contributed by atoms with E-state index < -0.39 is 0 Å². The molecular weight excluding hydrogens is 342 g/mol. The zero-order valence-electron chi connectivity index (χ0n) is 15.2. The van der Waals surface area contributed by atoms with Crippen LogP contribution in [0.2, 0.25) is 0 Å². The van der Waals surface area contributed by atoms with E-state index in [0.29, 0.717) is 0 Å². The third-order valence-corrected chi connectivity index (χ3v) is 5.89. The quantitative estimate of drug-likeness (QED) is 0.531. The number of fused-ring (bicyclic) bond motifs is 3. The van der Waals surface area contributed by atoms with Crippen molar-refractivity contribution in [1.29, 1.82) is 0 Å². The standard InChI is InChI=1S/C18H23N9/c1-4-19-7-14-12(1)22-17(24-14)27-6-3-13-16(9-27)25-18(23-13)26-5-2-11-15(8-26)21-10-20-11/h10,19H,1-9H2,(H,20,21)(H,22,24)(H,23,25). The summed E-state index contributed by atoms with van der Waals surface area (Å²) in [6.45, 7) is 5.46. The van der Waals surface area contributed by atoms with Gasteiger partial charge in [-0.25, -0.2) is 15.0 Å². The van der Waals surface area contributed by atoms with Crippen LogP contribution in [0.3, 0.4) is 0 Å². The maximum absolute atomic E-state index is 4.89. The van der Waals surface area contributed by atoms with Crippen molar-refractivity contribution in [3.63, 3.8) is 0 Å². The van der Waals surface area contributed by atoms with Crippen molar-refractivity contribution >= 4 is 11.9 Å². The van der Waals surface area contributed by atoms with Gasteiger partial charge in [0.2, 0.25) is 11.9 Å². The molecule has 0 fully saturated rings. The lowest BCUT2D eigenvalue weighted by Crippen LogP contribution is -2.31. The van der Waals surface area contributed by atoms with Crippen molar-refractivity contribution in [2.24, 2.45) is 0 Å². The Labute approximate surface area is 156 Å². The maximum Gasteiger partial charge on any atom is 0.203 e. The van der Waals surface area contributed by atoms with E-state index in [4.69, 9.17) is 9.97 Å². The third-order valence-electron chi connectivity index (χ3n) is 5.89. The lowest BCUT2D eigenvalue weighted by Gasteiger charge is -2.26. The smallest absolute Gasteiger partial charge is 0.203 e. The maximum atomic E-state index is 4.89. The molecule has 6 heterocycles.